The lowest BCUT2D eigenvalue weighted by Gasteiger charge is -2.24. The molecule has 0 unspecified atom stereocenters. The van der Waals surface area contributed by atoms with Crippen molar-refractivity contribution in [2.24, 2.45) is 0 Å². The van der Waals surface area contributed by atoms with Crippen molar-refractivity contribution in [2.75, 3.05) is 40.9 Å². The van der Waals surface area contributed by atoms with Gasteiger partial charge in [0.1, 0.15) is 0 Å². The van der Waals surface area contributed by atoms with Crippen molar-refractivity contribution in [1.29, 1.82) is 0 Å². The molecule has 0 N–H and O–H groups in total. The van der Waals surface area contributed by atoms with Gasteiger partial charge in [0.05, 0.1) is 13.7 Å². The molecule has 0 fully saturated rings. The monoisotopic (exact) mass is 343 g/mol. The first-order chi connectivity index (χ1) is 12.1. The van der Waals surface area contributed by atoms with E-state index in [2.05, 4.69) is 47.1 Å². The number of benzene rings is 1. The Balaban J connectivity index is 2.11. The normalized spacial score (nSPS) is 11.1. The van der Waals surface area contributed by atoms with Gasteiger partial charge in [-0.05, 0) is 50.3 Å². The molecule has 0 bridgehead atoms. The molecule has 0 aliphatic heterocycles. The first-order valence-electron chi connectivity index (χ1n) is 8.68. The molecule has 0 radical (unpaired) electrons. The molecule has 136 valence electrons. The quantitative estimate of drug-likeness (QED) is 0.663. The molecule has 5 nitrogen and oxygen atoms in total. The molecule has 0 saturated carbocycles. The highest BCUT2D eigenvalue weighted by atomic mass is 16.5. The number of likely N-dealkylation sites (N-methyl/N-ethyl adjacent to an activating group) is 1. The van der Waals surface area contributed by atoms with Crippen LogP contribution in [0.15, 0.2) is 42.7 Å². The number of hydrogen-bond donors (Lipinski definition) is 0. The van der Waals surface area contributed by atoms with E-state index >= 15 is 0 Å². The highest BCUT2D eigenvalue weighted by Crippen LogP contribution is 2.28. The molecule has 0 aliphatic rings. The third kappa shape index (κ3) is 6.36. The molecule has 2 rings (SSSR count). The zero-order valence-electron chi connectivity index (χ0n) is 15.7. The van der Waals surface area contributed by atoms with Crippen molar-refractivity contribution >= 4 is 0 Å². The van der Waals surface area contributed by atoms with Crippen LogP contribution in [0, 0.1) is 0 Å². The number of rotatable bonds is 10. The van der Waals surface area contributed by atoms with Crippen LogP contribution in [0.2, 0.25) is 0 Å². The maximum absolute atomic E-state index is 5.61. The molecule has 1 heterocycles. The third-order valence-electron chi connectivity index (χ3n) is 3.93. The van der Waals surface area contributed by atoms with Gasteiger partial charge in [-0.25, -0.2) is 0 Å². The first-order valence-corrected chi connectivity index (χ1v) is 8.68. The fourth-order valence-electron chi connectivity index (χ4n) is 2.65. The Labute approximate surface area is 151 Å². The molecule has 0 atom stereocenters. The first kappa shape index (κ1) is 19.2. The summed E-state index contributed by atoms with van der Waals surface area (Å²) >= 11 is 0. The lowest BCUT2D eigenvalue weighted by Crippen LogP contribution is -2.31. The Kier molecular flexibility index (Phi) is 7.70. The SMILES string of the molecule is CCOc1ccc(CN(CCN(C)C)Cc2cccnc2)cc1OC. The summed E-state index contributed by atoms with van der Waals surface area (Å²) in [5.41, 5.74) is 2.43. The summed E-state index contributed by atoms with van der Waals surface area (Å²) < 4.78 is 11.1. The van der Waals surface area contributed by atoms with Gasteiger partial charge in [0, 0.05) is 38.6 Å². The fraction of sp³-hybridized carbons (Fsp3) is 0.450. The Morgan fingerprint density at radius 1 is 1.00 bits per heavy atom. The van der Waals surface area contributed by atoms with E-state index in [1.807, 2.05) is 31.5 Å². The van der Waals surface area contributed by atoms with Crippen LogP contribution >= 0.6 is 0 Å². The summed E-state index contributed by atoms with van der Waals surface area (Å²) in [5, 5.41) is 0. The van der Waals surface area contributed by atoms with E-state index in [9.17, 15) is 0 Å². The molecule has 1 aromatic carbocycles. The van der Waals surface area contributed by atoms with E-state index in [0.717, 1.165) is 37.7 Å². The summed E-state index contributed by atoms with van der Waals surface area (Å²) in [4.78, 5) is 8.85. The average molecular weight is 343 g/mol. The topological polar surface area (TPSA) is 37.8 Å². The zero-order chi connectivity index (χ0) is 18.1. The van der Waals surface area contributed by atoms with Gasteiger partial charge < -0.3 is 14.4 Å². The van der Waals surface area contributed by atoms with Crippen molar-refractivity contribution in [3.8, 4) is 11.5 Å². The van der Waals surface area contributed by atoms with Crippen molar-refractivity contribution < 1.29 is 9.47 Å². The van der Waals surface area contributed by atoms with E-state index < -0.39 is 0 Å². The highest BCUT2D eigenvalue weighted by molar-refractivity contribution is 5.43. The third-order valence-corrected chi connectivity index (χ3v) is 3.93. The van der Waals surface area contributed by atoms with Gasteiger partial charge in [-0.3, -0.25) is 9.88 Å². The molecular weight excluding hydrogens is 314 g/mol. The summed E-state index contributed by atoms with van der Waals surface area (Å²) in [6.07, 6.45) is 3.74. The largest absolute Gasteiger partial charge is 0.493 e. The molecule has 0 saturated heterocycles. The minimum Gasteiger partial charge on any atom is -0.493 e. The number of nitrogens with zero attached hydrogens (tertiary/aromatic N) is 3. The average Bonchev–Trinajstić information content (AvgIpc) is 2.62. The molecule has 2 aromatic rings. The van der Waals surface area contributed by atoms with Crippen molar-refractivity contribution in [3.05, 3.63) is 53.9 Å². The standard InChI is InChI=1S/C20H29N3O2/c1-5-25-19-9-8-17(13-20(19)24-4)15-23(12-11-22(2)3)16-18-7-6-10-21-14-18/h6-10,13-14H,5,11-12,15-16H2,1-4H3. The van der Waals surface area contributed by atoms with Crippen molar-refractivity contribution in [3.63, 3.8) is 0 Å². The van der Waals surface area contributed by atoms with E-state index in [4.69, 9.17) is 9.47 Å². The van der Waals surface area contributed by atoms with Crippen LogP contribution in [0.3, 0.4) is 0 Å². The van der Waals surface area contributed by atoms with Gasteiger partial charge in [0.25, 0.3) is 0 Å². The minimum absolute atomic E-state index is 0.631. The zero-order valence-corrected chi connectivity index (χ0v) is 15.7. The second-order valence-corrected chi connectivity index (χ2v) is 6.29. The van der Waals surface area contributed by atoms with Crippen LogP contribution in [0.5, 0.6) is 11.5 Å². The Hall–Kier alpha value is -2.11. The number of ether oxygens (including phenoxy) is 2. The van der Waals surface area contributed by atoms with E-state index in [0.29, 0.717) is 6.61 Å². The highest BCUT2D eigenvalue weighted by Gasteiger charge is 2.11. The van der Waals surface area contributed by atoms with E-state index in [1.165, 1.54) is 11.1 Å². The maximum Gasteiger partial charge on any atom is 0.161 e. The van der Waals surface area contributed by atoms with Crippen molar-refractivity contribution in [1.82, 2.24) is 14.8 Å². The Morgan fingerprint density at radius 3 is 2.44 bits per heavy atom. The molecule has 0 aliphatic carbocycles. The van der Waals surface area contributed by atoms with Gasteiger partial charge in [-0.15, -0.1) is 0 Å². The van der Waals surface area contributed by atoms with Gasteiger partial charge in [0.15, 0.2) is 11.5 Å². The molecule has 0 amide bonds. The Bertz CT molecular complexity index is 632. The maximum atomic E-state index is 5.61. The molecule has 0 spiro atoms. The predicted octanol–water partition coefficient (Wildman–Crippen LogP) is 3.05. The van der Waals surface area contributed by atoms with E-state index in [-0.39, 0.29) is 0 Å². The van der Waals surface area contributed by atoms with Gasteiger partial charge >= 0.3 is 0 Å². The van der Waals surface area contributed by atoms with Gasteiger partial charge in [-0.2, -0.15) is 0 Å². The van der Waals surface area contributed by atoms with E-state index in [1.54, 1.807) is 7.11 Å². The van der Waals surface area contributed by atoms with Gasteiger partial charge in [-0.1, -0.05) is 12.1 Å². The van der Waals surface area contributed by atoms with Crippen LogP contribution in [0.25, 0.3) is 0 Å². The number of hydrogen-bond acceptors (Lipinski definition) is 5. The Morgan fingerprint density at radius 2 is 1.80 bits per heavy atom. The lowest BCUT2D eigenvalue weighted by molar-refractivity contribution is 0.225. The summed E-state index contributed by atoms with van der Waals surface area (Å²) in [5.74, 6) is 1.58. The fourth-order valence-corrected chi connectivity index (χ4v) is 2.65. The lowest BCUT2D eigenvalue weighted by atomic mass is 10.1. The number of pyridine rings is 1. The van der Waals surface area contributed by atoms with Crippen LogP contribution < -0.4 is 9.47 Å². The molecule has 5 heteroatoms. The number of aromatic nitrogens is 1. The number of methoxy groups -OCH3 is 1. The predicted molar refractivity (Wildman–Crippen MR) is 101 cm³/mol. The molecule has 25 heavy (non-hydrogen) atoms. The van der Waals surface area contributed by atoms with Crippen LogP contribution in [-0.2, 0) is 13.1 Å². The summed E-state index contributed by atoms with van der Waals surface area (Å²) in [7, 11) is 5.88. The van der Waals surface area contributed by atoms with Crippen LogP contribution in [0.1, 0.15) is 18.1 Å². The van der Waals surface area contributed by atoms with Crippen molar-refractivity contribution in [2.45, 2.75) is 20.0 Å². The smallest absolute Gasteiger partial charge is 0.161 e. The summed E-state index contributed by atoms with van der Waals surface area (Å²) in [6, 6.07) is 10.3. The van der Waals surface area contributed by atoms with Crippen LogP contribution in [-0.4, -0.2) is 55.7 Å². The minimum atomic E-state index is 0.631. The second kappa shape index (κ2) is 10.0. The summed E-state index contributed by atoms with van der Waals surface area (Å²) in [6.45, 7) is 6.32. The van der Waals surface area contributed by atoms with Crippen LogP contribution in [0.4, 0.5) is 0 Å². The molecular formula is C20H29N3O2. The second-order valence-electron chi connectivity index (χ2n) is 6.29. The molecule has 1 aromatic heterocycles. The van der Waals surface area contributed by atoms with Gasteiger partial charge in [0.2, 0.25) is 0 Å².